The fourth-order valence-corrected chi connectivity index (χ4v) is 3.52. The molecule has 2 aromatic rings. The molecule has 2 atom stereocenters. The average molecular weight is 352 g/mol. The number of amides is 1. The van der Waals surface area contributed by atoms with Gasteiger partial charge in [0.2, 0.25) is 5.91 Å². The van der Waals surface area contributed by atoms with E-state index < -0.39 is 0 Å². The van der Waals surface area contributed by atoms with Crippen LogP contribution in [0, 0.1) is 6.92 Å². The van der Waals surface area contributed by atoms with Crippen molar-refractivity contribution in [2.45, 2.75) is 45.9 Å². The minimum absolute atomic E-state index is 0.0185. The minimum Gasteiger partial charge on any atom is -0.373 e. The summed E-state index contributed by atoms with van der Waals surface area (Å²) in [5, 5.41) is 3.09. The summed E-state index contributed by atoms with van der Waals surface area (Å²) in [5.74, 6) is 0.0185. The predicted octanol–water partition coefficient (Wildman–Crippen LogP) is 3.79. The van der Waals surface area contributed by atoms with E-state index in [4.69, 9.17) is 4.74 Å². The zero-order valence-corrected chi connectivity index (χ0v) is 15.9. The number of benzene rings is 2. The molecular weight excluding hydrogens is 324 g/mol. The van der Waals surface area contributed by atoms with Crippen LogP contribution in [0.5, 0.6) is 0 Å². The van der Waals surface area contributed by atoms with Gasteiger partial charge in [-0.1, -0.05) is 48.0 Å². The normalized spacial score (nSPS) is 20.7. The second-order valence-electron chi connectivity index (χ2n) is 7.32. The molecule has 2 aromatic carbocycles. The van der Waals surface area contributed by atoms with E-state index in [1.165, 1.54) is 5.56 Å². The molecule has 138 valence electrons. The number of hydrogen-bond donors (Lipinski definition) is 1. The van der Waals surface area contributed by atoms with Crippen LogP contribution in [0.3, 0.4) is 0 Å². The van der Waals surface area contributed by atoms with E-state index in [9.17, 15) is 4.79 Å². The number of morpholine rings is 1. The van der Waals surface area contributed by atoms with Crippen molar-refractivity contribution in [3.8, 4) is 0 Å². The number of aryl methyl sites for hydroxylation is 1. The molecule has 4 heteroatoms. The highest BCUT2D eigenvalue weighted by molar-refractivity contribution is 5.93. The fourth-order valence-electron chi connectivity index (χ4n) is 3.52. The lowest BCUT2D eigenvalue weighted by Crippen LogP contribution is -2.44. The zero-order chi connectivity index (χ0) is 18.5. The molecule has 2 unspecified atom stereocenters. The average Bonchev–Trinajstić information content (AvgIpc) is 2.58. The standard InChI is InChI=1S/C22H28N2O2/c1-16-8-10-19(11-9-16)12-22(25)23-21-7-5-4-6-20(21)15-24-13-17(2)26-18(3)14-24/h4-11,17-18H,12-15H2,1-3H3,(H,23,25). The molecule has 0 radical (unpaired) electrons. The van der Waals surface area contributed by atoms with Crippen LogP contribution in [0.1, 0.15) is 30.5 Å². The first-order chi connectivity index (χ1) is 12.5. The maximum Gasteiger partial charge on any atom is 0.228 e. The second kappa shape index (κ2) is 8.47. The molecule has 1 aliphatic heterocycles. The first-order valence-electron chi connectivity index (χ1n) is 9.30. The first-order valence-corrected chi connectivity index (χ1v) is 9.30. The molecule has 1 amide bonds. The van der Waals surface area contributed by atoms with E-state index in [0.29, 0.717) is 6.42 Å². The van der Waals surface area contributed by atoms with Gasteiger partial charge in [-0.05, 0) is 38.0 Å². The largest absolute Gasteiger partial charge is 0.373 e. The molecule has 26 heavy (non-hydrogen) atoms. The quantitative estimate of drug-likeness (QED) is 0.890. The summed E-state index contributed by atoms with van der Waals surface area (Å²) in [6.07, 6.45) is 0.865. The van der Waals surface area contributed by atoms with Crippen LogP contribution < -0.4 is 5.32 Å². The monoisotopic (exact) mass is 352 g/mol. The van der Waals surface area contributed by atoms with Gasteiger partial charge in [0, 0.05) is 25.3 Å². The Hall–Kier alpha value is -2.17. The highest BCUT2D eigenvalue weighted by atomic mass is 16.5. The Morgan fingerprint density at radius 1 is 1.08 bits per heavy atom. The number of rotatable bonds is 5. The number of anilines is 1. The topological polar surface area (TPSA) is 41.6 Å². The van der Waals surface area contributed by atoms with Crippen LogP contribution in [0.15, 0.2) is 48.5 Å². The summed E-state index contributed by atoms with van der Waals surface area (Å²) in [6.45, 7) is 8.91. The molecule has 1 heterocycles. The Bertz CT molecular complexity index is 732. The lowest BCUT2D eigenvalue weighted by molar-refractivity contribution is -0.115. The molecule has 1 fully saturated rings. The van der Waals surface area contributed by atoms with Crippen molar-refractivity contribution >= 4 is 11.6 Å². The summed E-state index contributed by atoms with van der Waals surface area (Å²) in [5.41, 5.74) is 4.28. The van der Waals surface area contributed by atoms with Crippen LogP contribution >= 0.6 is 0 Å². The third-order valence-corrected chi connectivity index (χ3v) is 4.67. The Morgan fingerprint density at radius 2 is 1.73 bits per heavy atom. The van der Waals surface area contributed by atoms with Crippen molar-refractivity contribution < 1.29 is 9.53 Å². The Morgan fingerprint density at radius 3 is 2.42 bits per heavy atom. The fraction of sp³-hybridized carbons (Fsp3) is 0.409. The Kier molecular flexibility index (Phi) is 6.07. The number of ether oxygens (including phenoxy) is 1. The van der Waals surface area contributed by atoms with E-state index in [1.54, 1.807) is 0 Å². The Labute approximate surface area is 156 Å². The smallest absolute Gasteiger partial charge is 0.228 e. The number of para-hydroxylation sites is 1. The molecule has 0 aliphatic carbocycles. The van der Waals surface area contributed by atoms with E-state index in [0.717, 1.165) is 36.4 Å². The van der Waals surface area contributed by atoms with Gasteiger partial charge < -0.3 is 10.1 Å². The molecule has 0 aromatic heterocycles. The summed E-state index contributed by atoms with van der Waals surface area (Å²) in [7, 11) is 0. The maximum atomic E-state index is 12.5. The molecular formula is C22H28N2O2. The Balaban J connectivity index is 1.64. The lowest BCUT2D eigenvalue weighted by Gasteiger charge is -2.35. The molecule has 0 spiro atoms. The van der Waals surface area contributed by atoms with Crippen molar-refractivity contribution in [1.82, 2.24) is 4.90 Å². The van der Waals surface area contributed by atoms with Crippen LogP contribution in [0.4, 0.5) is 5.69 Å². The molecule has 1 N–H and O–H groups in total. The third-order valence-electron chi connectivity index (χ3n) is 4.67. The van der Waals surface area contributed by atoms with Gasteiger partial charge in [-0.2, -0.15) is 0 Å². The van der Waals surface area contributed by atoms with Gasteiger partial charge in [0.05, 0.1) is 18.6 Å². The van der Waals surface area contributed by atoms with Crippen LogP contribution in [-0.4, -0.2) is 36.1 Å². The highest BCUT2D eigenvalue weighted by Crippen LogP contribution is 2.20. The second-order valence-corrected chi connectivity index (χ2v) is 7.32. The zero-order valence-electron chi connectivity index (χ0n) is 15.9. The van der Waals surface area contributed by atoms with E-state index in [2.05, 4.69) is 30.1 Å². The van der Waals surface area contributed by atoms with Crippen molar-refractivity contribution in [3.63, 3.8) is 0 Å². The third kappa shape index (κ3) is 5.16. The number of carbonyl (C=O) groups is 1. The number of nitrogens with one attached hydrogen (secondary N) is 1. The predicted molar refractivity (Wildman–Crippen MR) is 105 cm³/mol. The van der Waals surface area contributed by atoms with Crippen LogP contribution in [0.2, 0.25) is 0 Å². The van der Waals surface area contributed by atoms with E-state index >= 15 is 0 Å². The van der Waals surface area contributed by atoms with Gasteiger partial charge in [-0.25, -0.2) is 0 Å². The SMILES string of the molecule is Cc1ccc(CC(=O)Nc2ccccc2CN2CC(C)OC(C)C2)cc1. The maximum absolute atomic E-state index is 12.5. The van der Waals surface area contributed by atoms with Crippen LogP contribution in [0.25, 0.3) is 0 Å². The van der Waals surface area contributed by atoms with E-state index in [-0.39, 0.29) is 18.1 Å². The van der Waals surface area contributed by atoms with Gasteiger partial charge in [0.15, 0.2) is 0 Å². The number of hydrogen-bond acceptors (Lipinski definition) is 3. The minimum atomic E-state index is 0.0185. The van der Waals surface area contributed by atoms with Gasteiger partial charge in [-0.3, -0.25) is 9.69 Å². The van der Waals surface area contributed by atoms with Gasteiger partial charge in [-0.15, -0.1) is 0 Å². The molecule has 1 saturated heterocycles. The van der Waals surface area contributed by atoms with Crippen molar-refractivity contribution in [3.05, 3.63) is 65.2 Å². The molecule has 0 saturated carbocycles. The molecule has 0 bridgehead atoms. The highest BCUT2D eigenvalue weighted by Gasteiger charge is 2.22. The van der Waals surface area contributed by atoms with E-state index in [1.807, 2.05) is 49.4 Å². The summed E-state index contributed by atoms with van der Waals surface area (Å²) < 4.78 is 5.81. The van der Waals surface area contributed by atoms with Crippen molar-refractivity contribution in [2.24, 2.45) is 0 Å². The van der Waals surface area contributed by atoms with Crippen molar-refractivity contribution in [1.29, 1.82) is 0 Å². The van der Waals surface area contributed by atoms with Gasteiger partial charge >= 0.3 is 0 Å². The summed E-state index contributed by atoms with van der Waals surface area (Å²) >= 11 is 0. The van der Waals surface area contributed by atoms with Gasteiger partial charge in [0.25, 0.3) is 0 Å². The first kappa shape index (κ1) is 18.6. The lowest BCUT2D eigenvalue weighted by atomic mass is 10.1. The van der Waals surface area contributed by atoms with Gasteiger partial charge in [0.1, 0.15) is 0 Å². The summed E-state index contributed by atoms with van der Waals surface area (Å²) in [6, 6.07) is 16.2. The van der Waals surface area contributed by atoms with Crippen molar-refractivity contribution in [2.75, 3.05) is 18.4 Å². The molecule has 3 rings (SSSR count). The molecule has 4 nitrogen and oxygen atoms in total. The number of carbonyl (C=O) groups excluding carboxylic acids is 1. The summed E-state index contributed by atoms with van der Waals surface area (Å²) in [4.78, 5) is 14.9. The molecule has 1 aliphatic rings. The number of nitrogens with zero attached hydrogens (tertiary/aromatic N) is 1. The van der Waals surface area contributed by atoms with Crippen LogP contribution in [-0.2, 0) is 22.5 Å².